The van der Waals surface area contributed by atoms with E-state index in [1.54, 1.807) is 7.11 Å². The smallest absolute Gasteiger partial charge is 0.280 e. The number of aryl methyl sites for hydroxylation is 1. The molecule has 1 heterocycles. The SMILES string of the molecule is COc1cc(C=C2C(=O)N(c3ccccc3)N=C2C)ccc1OCCOc1ccc(C)cc1. The number of rotatable bonds is 8. The fourth-order valence-corrected chi connectivity index (χ4v) is 3.43. The normalized spacial score (nSPS) is 14.4. The Labute approximate surface area is 193 Å². The third kappa shape index (κ3) is 5.23. The van der Waals surface area contributed by atoms with E-state index >= 15 is 0 Å². The molecule has 4 rings (SSSR count). The third-order valence-corrected chi connectivity index (χ3v) is 5.19. The average Bonchev–Trinajstić information content (AvgIpc) is 3.12. The van der Waals surface area contributed by atoms with E-state index < -0.39 is 0 Å². The van der Waals surface area contributed by atoms with Gasteiger partial charge in [0, 0.05) is 0 Å². The zero-order valence-electron chi connectivity index (χ0n) is 18.9. The molecule has 33 heavy (non-hydrogen) atoms. The number of carbonyl (C=O) groups excluding carboxylic acids is 1. The number of ether oxygens (including phenoxy) is 3. The summed E-state index contributed by atoms with van der Waals surface area (Å²) in [5, 5.41) is 5.84. The van der Waals surface area contributed by atoms with Gasteiger partial charge in [-0.25, -0.2) is 0 Å². The van der Waals surface area contributed by atoms with Crippen molar-refractivity contribution in [3.63, 3.8) is 0 Å². The molecule has 1 amide bonds. The second-order valence-corrected chi connectivity index (χ2v) is 7.62. The summed E-state index contributed by atoms with van der Waals surface area (Å²) < 4.78 is 17.1. The van der Waals surface area contributed by atoms with Crippen LogP contribution in [0.25, 0.3) is 6.08 Å². The van der Waals surface area contributed by atoms with Crippen molar-refractivity contribution in [1.29, 1.82) is 0 Å². The van der Waals surface area contributed by atoms with E-state index in [0.717, 1.165) is 17.0 Å². The van der Waals surface area contributed by atoms with Gasteiger partial charge in [0.15, 0.2) is 11.5 Å². The molecule has 1 aliphatic heterocycles. The highest BCUT2D eigenvalue weighted by molar-refractivity contribution is 6.32. The van der Waals surface area contributed by atoms with Crippen LogP contribution in [0.15, 0.2) is 83.5 Å². The maximum Gasteiger partial charge on any atom is 0.280 e. The van der Waals surface area contributed by atoms with E-state index in [1.807, 2.05) is 92.7 Å². The maximum atomic E-state index is 12.9. The minimum atomic E-state index is -0.161. The first-order valence-electron chi connectivity index (χ1n) is 10.7. The molecule has 0 radical (unpaired) electrons. The van der Waals surface area contributed by atoms with Crippen molar-refractivity contribution in [2.45, 2.75) is 13.8 Å². The molecule has 168 valence electrons. The van der Waals surface area contributed by atoms with Crippen molar-refractivity contribution in [3.8, 4) is 17.2 Å². The van der Waals surface area contributed by atoms with Gasteiger partial charge in [0.25, 0.3) is 5.91 Å². The van der Waals surface area contributed by atoms with Crippen LogP contribution in [0.4, 0.5) is 5.69 Å². The fraction of sp³-hybridized carbons (Fsp3) is 0.185. The zero-order chi connectivity index (χ0) is 23.2. The van der Waals surface area contributed by atoms with Crippen molar-refractivity contribution in [1.82, 2.24) is 0 Å². The van der Waals surface area contributed by atoms with Crippen LogP contribution in [-0.2, 0) is 4.79 Å². The molecule has 0 saturated heterocycles. The third-order valence-electron chi connectivity index (χ3n) is 5.19. The van der Waals surface area contributed by atoms with Crippen molar-refractivity contribution in [2.75, 3.05) is 25.3 Å². The van der Waals surface area contributed by atoms with Crippen LogP contribution in [-0.4, -0.2) is 31.9 Å². The topological polar surface area (TPSA) is 60.4 Å². The Morgan fingerprint density at radius 2 is 1.61 bits per heavy atom. The molecule has 6 nitrogen and oxygen atoms in total. The Morgan fingerprint density at radius 1 is 0.879 bits per heavy atom. The summed E-state index contributed by atoms with van der Waals surface area (Å²) >= 11 is 0. The molecule has 0 spiro atoms. The lowest BCUT2D eigenvalue weighted by Crippen LogP contribution is -2.21. The van der Waals surface area contributed by atoms with Gasteiger partial charge in [0.1, 0.15) is 19.0 Å². The highest BCUT2D eigenvalue weighted by Gasteiger charge is 2.28. The van der Waals surface area contributed by atoms with Crippen molar-refractivity contribution >= 4 is 23.4 Å². The quantitative estimate of drug-likeness (QED) is 0.352. The van der Waals surface area contributed by atoms with Crippen LogP contribution in [0.5, 0.6) is 17.2 Å². The lowest BCUT2D eigenvalue weighted by Gasteiger charge is -2.13. The first kappa shape index (κ1) is 22.1. The second-order valence-electron chi connectivity index (χ2n) is 7.62. The monoisotopic (exact) mass is 442 g/mol. The van der Waals surface area contributed by atoms with Crippen LogP contribution in [0.3, 0.4) is 0 Å². The van der Waals surface area contributed by atoms with Crippen molar-refractivity contribution in [2.24, 2.45) is 5.10 Å². The van der Waals surface area contributed by atoms with E-state index in [-0.39, 0.29) is 5.91 Å². The van der Waals surface area contributed by atoms with Gasteiger partial charge >= 0.3 is 0 Å². The van der Waals surface area contributed by atoms with Crippen LogP contribution >= 0.6 is 0 Å². The Balaban J connectivity index is 1.42. The standard InChI is InChI=1S/C27H26N2O4/c1-19-9-12-23(13-10-19)32-15-16-33-25-14-11-21(18-26(25)31-3)17-24-20(2)28-29(27(24)30)22-7-5-4-6-8-22/h4-14,17-18H,15-16H2,1-3H3. The second kappa shape index (κ2) is 10.0. The number of hydrogen-bond acceptors (Lipinski definition) is 5. The molecule has 0 bridgehead atoms. The molecule has 3 aromatic rings. The molecule has 0 N–H and O–H groups in total. The summed E-state index contributed by atoms with van der Waals surface area (Å²) in [5.41, 5.74) is 3.95. The molecule has 1 aliphatic rings. The fourth-order valence-electron chi connectivity index (χ4n) is 3.43. The molecule has 0 saturated carbocycles. The Kier molecular flexibility index (Phi) is 6.74. The predicted molar refractivity (Wildman–Crippen MR) is 130 cm³/mol. The van der Waals surface area contributed by atoms with E-state index in [2.05, 4.69) is 5.10 Å². The van der Waals surface area contributed by atoms with Gasteiger partial charge in [0.2, 0.25) is 0 Å². The number of nitrogens with zero attached hydrogens (tertiary/aromatic N) is 2. The zero-order valence-corrected chi connectivity index (χ0v) is 18.9. The minimum absolute atomic E-state index is 0.161. The molecule has 3 aromatic carbocycles. The Bertz CT molecular complexity index is 1180. The van der Waals surface area contributed by atoms with Gasteiger partial charge in [-0.2, -0.15) is 10.1 Å². The van der Waals surface area contributed by atoms with Gasteiger partial charge < -0.3 is 14.2 Å². The van der Waals surface area contributed by atoms with E-state index in [9.17, 15) is 4.79 Å². The van der Waals surface area contributed by atoms with Gasteiger partial charge in [-0.1, -0.05) is 42.0 Å². The number of methoxy groups -OCH3 is 1. The largest absolute Gasteiger partial charge is 0.493 e. The molecule has 0 fully saturated rings. The Morgan fingerprint density at radius 3 is 2.33 bits per heavy atom. The van der Waals surface area contributed by atoms with Gasteiger partial charge in [0.05, 0.1) is 24.1 Å². The summed E-state index contributed by atoms with van der Waals surface area (Å²) in [5.74, 6) is 1.84. The van der Waals surface area contributed by atoms with Gasteiger partial charge in [-0.3, -0.25) is 4.79 Å². The summed E-state index contributed by atoms with van der Waals surface area (Å²) in [4.78, 5) is 12.9. The average molecular weight is 443 g/mol. The van der Waals surface area contributed by atoms with Crippen LogP contribution < -0.4 is 19.2 Å². The number of carbonyl (C=O) groups is 1. The Hall–Kier alpha value is -4.06. The van der Waals surface area contributed by atoms with Gasteiger partial charge in [-0.15, -0.1) is 0 Å². The number of hydrazone groups is 1. The number of benzene rings is 3. The summed E-state index contributed by atoms with van der Waals surface area (Å²) in [6, 6.07) is 22.8. The van der Waals surface area contributed by atoms with Crippen LogP contribution in [0.1, 0.15) is 18.1 Å². The molecule has 6 heteroatoms. The van der Waals surface area contributed by atoms with E-state index in [4.69, 9.17) is 14.2 Å². The summed E-state index contributed by atoms with van der Waals surface area (Å²) in [7, 11) is 1.59. The highest BCUT2D eigenvalue weighted by Crippen LogP contribution is 2.30. The summed E-state index contributed by atoms with van der Waals surface area (Å²) in [6.45, 7) is 4.66. The maximum absolute atomic E-state index is 12.9. The molecule has 0 aromatic heterocycles. The number of hydrogen-bond donors (Lipinski definition) is 0. The highest BCUT2D eigenvalue weighted by atomic mass is 16.5. The minimum Gasteiger partial charge on any atom is -0.493 e. The summed E-state index contributed by atoms with van der Waals surface area (Å²) in [6.07, 6.45) is 1.82. The van der Waals surface area contributed by atoms with Gasteiger partial charge in [-0.05, 0) is 61.9 Å². The number of amides is 1. The molecule has 0 atom stereocenters. The lowest BCUT2D eigenvalue weighted by molar-refractivity contribution is -0.114. The van der Waals surface area contributed by atoms with Crippen molar-refractivity contribution < 1.29 is 19.0 Å². The molecular weight excluding hydrogens is 416 g/mol. The molecule has 0 aliphatic carbocycles. The number of para-hydroxylation sites is 1. The molecule has 0 unspecified atom stereocenters. The lowest BCUT2D eigenvalue weighted by atomic mass is 10.1. The van der Waals surface area contributed by atoms with Crippen LogP contribution in [0, 0.1) is 6.92 Å². The van der Waals surface area contributed by atoms with E-state index in [0.29, 0.717) is 36.0 Å². The number of anilines is 1. The predicted octanol–water partition coefficient (Wildman–Crippen LogP) is 5.27. The van der Waals surface area contributed by atoms with E-state index in [1.165, 1.54) is 10.6 Å². The first-order valence-corrected chi connectivity index (χ1v) is 10.7. The van der Waals surface area contributed by atoms with Crippen LogP contribution in [0.2, 0.25) is 0 Å². The van der Waals surface area contributed by atoms with Crippen molar-refractivity contribution in [3.05, 3.63) is 89.5 Å². The first-order chi connectivity index (χ1) is 16.0. The molecular formula is C27H26N2O4.